The molecule has 2 N–H and O–H groups in total. The maximum atomic E-state index is 11.7. The lowest BCUT2D eigenvalue weighted by Gasteiger charge is -2.19. The van der Waals surface area contributed by atoms with Gasteiger partial charge in [-0.15, -0.1) is 0 Å². The van der Waals surface area contributed by atoms with Crippen molar-refractivity contribution in [2.24, 2.45) is 0 Å². The van der Waals surface area contributed by atoms with Gasteiger partial charge in [-0.3, -0.25) is 14.3 Å². The predicted octanol–water partition coefficient (Wildman–Crippen LogP) is -0.618. The molecule has 0 saturated heterocycles. The third-order valence-corrected chi connectivity index (χ3v) is 2.96. The average molecular weight is 240 g/mol. The van der Waals surface area contributed by atoms with Crippen LogP contribution in [0.15, 0.2) is 9.59 Å². The summed E-state index contributed by atoms with van der Waals surface area (Å²) >= 11 is 0. The van der Waals surface area contributed by atoms with Crippen molar-refractivity contribution in [3.8, 4) is 0 Å². The average Bonchev–Trinajstić information content (AvgIpc) is 2.33. The molecule has 0 spiro atoms. The Bertz CT molecular complexity index is 503. The van der Waals surface area contributed by atoms with Crippen LogP contribution in [0.2, 0.25) is 0 Å². The third kappa shape index (κ3) is 2.48. The zero-order valence-corrected chi connectivity index (χ0v) is 9.57. The SMILES string of the molecule is O=c1[nH]c(=O)n(COCCO)c2c1CCCC2. The molecule has 6 heteroatoms. The Balaban J connectivity index is 2.36. The number of fused-ring (bicyclic) bond motifs is 1. The normalized spacial score (nSPS) is 14.6. The van der Waals surface area contributed by atoms with E-state index in [2.05, 4.69) is 4.98 Å². The van der Waals surface area contributed by atoms with Crippen LogP contribution in [0.1, 0.15) is 24.1 Å². The molecule has 1 aliphatic rings. The van der Waals surface area contributed by atoms with Crippen LogP contribution >= 0.6 is 0 Å². The van der Waals surface area contributed by atoms with Crippen molar-refractivity contribution >= 4 is 0 Å². The van der Waals surface area contributed by atoms with Gasteiger partial charge >= 0.3 is 5.69 Å². The second-order valence-corrected chi connectivity index (χ2v) is 4.08. The van der Waals surface area contributed by atoms with Crippen LogP contribution in [0, 0.1) is 0 Å². The number of aromatic amines is 1. The molecule has 0 fully saturated rings. The molecule has 0 atom stereocenters. The maximum Gasteiger partial charge on any atom is 0.330 e. The standard InChI is InChI=1S/C11H16N2O4/c14-5-6-17-7-13-9-4-2-1-3-8(9)10(15)12-11(13)16/h14H,1-7H2,(H,12,15,16). The number of nitrogens with one attached hydrogen (secondary N) is 1. The highest BCUT2D eigenvalue weighted by molar-refractivity contribution is 5.20. The molecule has 17 heavy (non-hydrogen) atoms. The minimum absolute atomic E-state index is 0.0819. The van der Waals surface area contributed by atoms with E-state index in [4.69, 9.17) is 9.84 Å². The van der Waals surface area contributed by atoms with E-state index in [1.165, 1.54) is 4.57 Å². The Morgan fingerprint density at radius 3 is 2.82 bits per heavy atom. The summed E-state index contributed by atoms with van der Waals surface area (Å²) < 4.78 is 6.60. The number of ether oxygens (including phenoxy) is 1. The number of rotatable bonds is 4. The van der Waals surface area contributed by atoms with Gasteiger partial charge in [0.05, 0.1) is 13.2 Å². The molecule has 6 nitrogen and oxygen atoms in total. The minimum atomic E-state index is -0.436. The summed E-state index contributed by atoms with van der Waals surface area (Å²) in [5, 5.41) is 8.63. The highest BCUT2D eigenvalue weighted by Gasteiger charge is 2.17. The molecule has 0 aromatic carbocycles. The molecule has 0 saturated carbocycles. The van der Waals surface area contributed by atoms with Gasteiger partial charge in [-0.25, -0.2) is 4.79 Å². The van der Waals surface area contributed by atoms with Gasteiger partial charge in [-0.1, -0.05) is 0 Å². The summed E-state index contributed by atoms with van der Waals surface area (Å²) in [4.78, 5) is 25.6. The number of nitrogens with zero attached hydrogens (tertiary/aromatic N) is 1. The van der Waals surface area contributed by atoms with E-state index in [-0.39, 0.29) is 25.5 Å². The first-order valence-electron chi connectivity index (χ1n) is 5.77. The minimum Gasteiger partial charge on any atom is -0.394 e. The molecule has 0 amide bonds. The first-order chi connectivity index (χ1) is 8.24. The number of aliphatic hydroxyl groups excluding tert-OH is 1. The van der Waals surface area contributed by atoms with Gasteiger partial charge in [-0.05, 0) is 25.7 Å². The maximum absolute atomic E-state index is 11.7. The van der Waals surface area contributed by atoms with Crippen molar-refractivity contribution in [3.63, 3.8) is 0 Å². The van der Waals surface area contributed by atoms with Crippen LogP contribution in [0.5, 0.6) is 0 Å². The van der Waals surface area contributed by atoms with Crippen LogP contribution in [0.25, 0.3) is 0 Å². The van der Waals surface area contributed by atoms with E-state index in [0.29, 0.717) is 12.0 Å². The van der Waals surface area contributed by atoms with Crippen LogP contribution in [-0.4, -0.2) is 27.9 Å². The fourth-order valence-corrected chi connectivity index (χ4v) is 2.15. The van der Waals surface area contributed by atoms with Crippen LogP contribution in [0.3, 0.4) is 0 Å². The molecule has 1 aromatic rings. The number of aliphatic hydroxyl groups is 1. The van der Waals surface area contributed by atoms with Crippen molar-refractivity contribution in [1.82, 2.24) is 9.55 Å². The van der Waals surface area contributed by atoms with Crippen molar-refractivity contribution < 1.29 is 9.84 Å². The van der Waals surface area contributed by atoms with E-state index >= 15 is 0 Å². The second-order valence-electron chi connectivity index (χ2n) is 4.08. The summed E-state index contributed by atoms with van der Waals surface area (Å²) in [5.74, 6) is 0. The van der Waals surface area contributed by atoms with Crippen molar-refractivity contribution in [1.29, 1.82) is 0 Å². The number of hydrogen-bond donors (Lipinski definition) is 2. The van der Waals surface area contributed by atoms with Gasteiger partial charge < -0.3 is 9.84 Å². The number of H-pyrrole nitrogens is 1. The fourth-order valence-electron chi connectivity index (χ4n) is 2.15. The molecule has 0 radical (unpaired) electrons. The Morgan fingerprint density at radius 2 is 2.06 bits per heavy atom. The lowest BCUT2D eigenvalue weighted by molar-refractivity contribution is 0.0438. The predicted molar refractivity (Wildman–Crippen MR) is 61.0 cm³/mol. The summed E-state index contributed by atoms with van der Waals surface area (Å²) in [6.07, 6.45) is 3.41. The Morgan fingerprint density at radius 1 is 1.29 bits per heavy atom. The first kappa shape index (κ1) is 12.1. The van der Waals surface area contributed by atoms with Gasteiger partial charge in [-0.2, -0.15) is 0 Å². The molecule has 1 heterocycles. The highest BCUT2D eigenvalue weighted by Crippen LogP contribution is 2.16. The molecular formula is C11H16N2O4. The van der Waals surface area contributed by atoms with Gasteiger partial charge in [0.2, 0.25) is 0 Å². The summed E-state index contributed by atoms with van der Waals surface area (Å²) in [7, 11) is 0. The monoisotopic (exact) mass is 240 g/mol. The second kappa shape index (κ2) is 5.29. The molecule has 2 rings (SSSR count). The molecule has 0 aliphatic heterocycles. The van der Waals surface area contributed by atoms with Gasteiger partial charge in [0.25, 0.3) is 5.56 Å². The van der Waals surface area contributed by atoms with Gasteiger partial charge in [0.1, 0.15) is 6.73 Å². The molecule has 0 unspecified atom stereocenters. The van der Waals surface area contributed by atoms with Crippen molar-refractivity contribution in [3.05, 3.63) is 32.1 Å². The molecule has 1 aromatic heterocycles. The van der Waals surface area contributed by atoms with Crippen LogP contribution in [0.4, 0.5) is 0 Å². The van der Waals surface area contributed by atoms with Crippen molar-refractivity contribution in [2.45, 2.75) is 32.4 Å². The van der Waals surface area contributed by atoms with Crippen molar-refractivity contribution in [2.75, 3.05) is 13.2 Å². The summed E-state index contributed by atoms with van der Waals surface area (Å²) in [6.45, 7) is 0.180. The van der Waals surface area contributed by atoms with Gasteiger partial charge in [0, 0.05) is 11.3 Å². The zero-order chi connectivity index (χ0) is 12.3. The molecular weight excluding hydrogens is 224 g/mol. The van der Waals surface area contributed by atoms with E-state index in [0.717, 1.165) is 25.0 Å². The van der Waals surface area contributed by atoms with E-state index in [1.807, 2.05) is 0 Å². The third-order valence-electron chi connectivity index (χ3n) is 2.96. The summed E-state index contributed by atoms with van der Waals surface area (Å²) in [6, 6.07) is 0. The number of hydrogen-bond acceptors (Lipinski definition) is 4. The summed E-state index contributed by atoms with van der Waals surface area (Å²) in [5.41, 5.74) is 0.767. The Hall–Kier alpha value is -1.40. The van der Waals surface area contributed by atoms with Crippen LogP contribution in [-0.2, 0) is 24.3 Å². The van der Waals surface area contributed by atoms with E-state index in [9.17, 15) is 9.59 Å². The van der Waals surface area contributed by atoms with E-state index < -0.39 is 5.69 Å². The molecule has 0 bridgehead atoms. The zero-order valence-electron chi connectivity index (χ0n) is 9.57. The lowest BCUT2D eigenvalue weighted by Crippen LogP contribution is -2.37. The Kier molecular flexibility index (Phi) is 3.75. The topological polar surface area (TPSA) is 84.3 Å². The largest absolute Gasteiger partial charge is 0.394 e. The first-order valence-corrected chi connectivity index (χ1v) is 5.77. The van der Waals surface area contributed by atoms with Gasteiger partial charge in [0.15, 0.2) is 0 Å². The highest BCUT2D eigenvalue weighted by atomic mass is 16.5. The quantitative estimate of drug-likeness (QED) is 0.687. The molecule has 1 aliphatic carbocycles. The smallest absolute Gasteiger partial charge is 0.330 e. The number of aromatic nitrogens is 2. The molecule has 94 valence electrons. The fraction of sp³-hybridized carbons (Fsp3) is 0.636. The van der Waals surface area contributed by atoms with Crippen LogP contribution < -0.4 is 11.2 Å². The lowest BCUT2D eigenvalue weighted by atomic mass is 9.97. The Labute approximate surface area is 97.9 Å². The van der Waals surface area contributed by atoms with E-state index in [1.54, 1.807) is 0 Å².